The van der Waals surface area contributed by atoms with E-state index in [0.29, 0.717) is 50.5 Å². The van der Waals surface area contributed by atoms with Crippen LogP contribution in [0.4, 0.5) is 0 Å². The summed E-state index contributed by atoms with van der Waals surface area (Å²) in [5, 5.41) is 3.24. The summed E-state index contributed by atoms with van der Waals surface area (Å²) in [6.45, 7) is 5.77. The quantitative estimate of drug-likeness (QED) is 0.614. The fraction of sp³-hybridized carbons (Fsp3) is 0.667. The average Bonchev–Trinajstić information content (AvgIpc) is 3.56. The molecule has 0 bridgehead atoms. The number of amides is 1. The zero-order chi connectivity index (χ0) is 19.9. The van der Waals surface area contributed by atoms with Crippen molar-refractivity contribution in [2.45, 2.75) is 44.9 Å². The molecule has 0 spiro atoms. The van der Waals surface area contributed by atoms with Gasteiger partial charge >= 0.3 is 0 Å². The van der Waals surface area contributed by atoms with E-state index in [2.05, 4.69) is 5.32 Å². The van der Waals surface area contributed by atoms with Gasteiger partial charge in [-0.05, 0) is 43.0 Å². The molecule has 0 unspecified atom stereocenters. The smallest absolute Gasteiger partial charge is 0.253 e. The van der Waals surface area contributed by atoms with Crippen LogP contribution in [0.3, 0.4) is 0 Å². The second-order valence-electron chi connectivity index (χ2n) is 7.39. The van der Waals surface area contributed by atoms with E-state index >= 15 is 0 Å². The van der Waals surface area contributed by atoms with Gasteiger partial charge in [0.25, 0.3) is 5.91 Å². The van der Waals surface area contributed by atoms with Crippen LogP contribution in [0.25, 0.3) is 0 Å². The number of carbonyl (C=O) groups is 1. The van der Waals surface area contributed by atoms with Crippen molar-refractivity contribution in [2.75, 3.05) is 47.1 Å². The highest BCUT2D eigenvalue weighted by atomic mass is 16.5. The average molecular weight is 392 g/mol. The van der Waals surface area contributed by atoms with Crippen molar-refractivity contribution in [3.05, 3.63) is 23.3 Å². The lowest BCUT2D eigenvalue weighted by molar-refractivity contribution is -0.146. The summed E-state index contributed by atoms with van der Waals surface area (Å²) >= 11 is 0. The molecule has 0 radical (unpaired) electrons. The summed E-state index contributed by atoms with van der Waals surface area (Å²) < 4.78 is 22.2. The van der Waals surface area contributed by atoms with Crippen LogP contribution in [0, 0.1) is 6.92 Å². The van der Waals surface area contributed by atoms with Crippen molar-refractivity contribution in [1.82, 2.24) is 10.2 Å². The van der Waals surface area contributed by atoms with Gasteiger partial charge in [-0.3, -0.25) is 4.79 Å². The Hall–Kier alpha value is -1.83. The SMILES string of the molecule is COCCCOc1cc(CN(C(=O)[C@H]2CNCCO2)C2CC2)c(C)cc1OC. The minimum absolute atomic E-state index is 0.0764. The standard InChI is InChI=1S/C21H32N2O5/c1-15-11-18(26-3)19(27-9-4-8-25-2)12-16(15)14-23(17-5-6-17)21(24)20-13-22-7-10-28-20/h11-12,17,20,22H,4-10,13-14H2,1-3H3/t20-/m1/s1. The normalized spacial score (nSPS) is 19.3. The van der Waals surface area contributed by atoms with Gasteiger partial charge in [-0.15, -0.1) is 0 Å². The lowest BCUT2D eigenvalue weighted by Crippen LogP contribution is -2.49. The number of ether oxygens (including phenoxy) is 4. The molecule has 1 atom stereocenters. The number of nitrogens with zero attached hydrogens (tertiary/aromatic N) is 1. The van der Waals surface area contributed by atoms with Crippen LogP contribution in [0.5, 0.6) is 11.5 Å². The minimum atomic E-state index is -0.391. The third-order valence-corrected chi connectivity index (χ3v) is 5.19. The van der Waals surface area contributed by atoms with Crippen molar-refractivity contribution in [3.8, 4) is 11.5 Å². The summed E-state index contributed by atoms with van der Waals surface area (Å²) in [5.41, 5.74) is 2.16. The Balaban J connectivity index is 1.73. The molecule has 1 heterocycles. The van der Waals surface area contributed by atoms with Crippen LogP contribution in [0.1, 0.15) is 30.4 Å². The number of benzene rings is 1. The predicted octanol–water partition coefficient (Wildman–Crippen LogP) is 1.90. The molecule has 0 aromatic heterocycles. The molecule has 1 aliphatic heterocycles. The summed E-state index contributed by atoms with van der Waals surface area (Å²) in [6.07, 6.45) is 2.53. The minimum Gasteiger partial charge on any atom is -0.493 e. The first-order chi connectivity index (χ1) is 13.6. The van der Waals surface area contributed by atoms with E-state index in [1.807, 2.05) is 24.0 Å². The third-order valence-electron chi connectivity index (χ3n) is 5.19. The summed E-state index contributed by atoms with van der Waals surface area (Å²) in [6, 6.07) is 4.30. The molecule has 28 heavy (non-hydrogen) atoms. The van der Waals surface area contributed by atoms with E-state index in [1.165, 1.54) is 0 Å². The Morgan fingerprint density at radius 3 is 2.71 bits per heavy atom. The zero-order valence-corrected chi connectivity index (χ0v) is 17.2. The number of morpholine rings is 1. The van der Waals surface area contributed by atoms with Crippen molar-refractivity contribution < 1.29 is 23.7 Å². The predicted molar refractivity (Wildman–Crippen MR) is 106 cm³/mol. The Morgan fingerprint density at radius 1 is 1.25 bits per heavy atom. The highest BCUT2D eigenvalue weighted by Crippen LogP contribution is 2.34. The number of rotatable bonds is 10. The second kappa shape index (κ2) is 10.1. The highest BCUT2D eigenvalue weighted by Gasteiger charge is 2.37. The number of nitrogens with one attached hydrogen (secondary N) is 1. The largest absolute Gasteiger partial charge is 0.493 e. The molecule has 1 saturated heterocycles. The number of aryl methyl sites for hydroxylation is 1. The fourth-order valence-electron chi connectivity index (χ4n) is 3.40. The van der Waals surface area contributed by atoms with Gasteiger partial charge in [-0.2, -0.15) is 0 Å². The maximum atomic E-state index is 13.0. The lowest BCUT2D eigenvalue weighted by Gasteiger charge is -2.30. The Morgan fingerprint density at radius 2 is 2.07 bits per heavy atom. The number of hydrogen-bond acceptors (Lipinski definition) is 6. The van der Waals surface area contributed by atoms with E-state index in [-0.39, 0.29) is 5.91 Å². The molecular formula is C21H32N2O5. The fourth-order valence-corrected chi connectivity index (χ4v) is 3.40. The Labute approximate surface area is 167 Å². The van der Waals surface area contributed by atoms with E-state index in [9.17, 15) is 4.79 Å². The molecule has 1 aromatic rings. The molecule has 2 fully saturated rings. The number of methoxy groups -OCH3 is 2. The molecule has 1 aliphatic carbocycles. The summed E-state index contributed by atoms with van der Waals surface area (Å²) in [4.78, 5) is 15.0. The van der Waals surface area contributed by atoms with E-state index in [4.69, 9.17) is 18.9 Å². The van der Waals surface area contributed by atoms with Gasteiger partial charge < -0.3 is 29.2 Å². The van der Waals surface area contributed by atoms with Crippen LogP contribution in [0.2, 0.25) is 0 Å². The van der Waals surface area contributed by atoms with Crippen molar-refractivity contribution >= 4 is 5.91 Å². The van der Waals surface area contributed by atoms with Crippen LogP contribution >= 0.6 is 0 Å². The molecule has 7 heteroatoms. The van der Waals surface area contributed by atoms with Crippen molar-refractivity contribution in [1.29, 1.82) is 0 Å². The molecule has 2 aliphatic rings. The van der Waals surface area contributed by atoms with Gasteiger partial charge in [-0.1, -0.05) is 0 Å². The van der Waals surface area contributed by atoms with E-state index < -0.39 is 6.10 Å². The van der Waals surface area contributed by atoms with Crippen LogP contribution < -0.4 is 14.8 Å². The third kappa shape index (κ3) is 5.37. The Kier molecular flexibility index (Phi) is 7.53. The van der Waals surface area contributed by atoms with Gasteiger partial charge in [0.05, 0.1) is 20.3 Å². The number of hydrogen-bond donors (Lipinski definition) is 1. The van der Waals surface area contributed by atoms with Gasteiger partial charge in [0, 0.05) is 45.8 Å². The highest BCUT2D eigenvalue weighted by molar-refractivity contribution is 5.82. The van der Waals surface area contributed by atoms with Crippen molar-refractivity contribution in [3.63, 3.8) is 0 Å². The molecule has 156 valence electrons. The molecule has 1 saturated carbocycles. The van der Waals surface area contributed by atoms with Gasteiger partial charge in [0.2, 0.25) is 0 Å². The van der Waals surface area contributed by atoms with E-state index in [1.54, 1.807) is 14.2 Å². The monoisotopic (exact) mass is 392 g/mol. The molecular weight excluding hydrogens is 360 g/mol. The first kappa shape index (κ1) is 20.9. The molecule has 1 amide bonds. The van der Waals surface area contributed by atoms with Gasteiger partial charge in [-0.25, -0.2) is 0 Å². The summed E-state index contributed by atoms with van der Waals surface area (Å²) in [5.74, 6) is 1.49. The Bertz CT molecular complexity index is 656. The lowest BCUT2D eigenvalue weighted by atomic mass is 10.1. The first-order valence-electron chi connectivity index (χ1n) is 10.1. The maximum Gasteiger partial charge on any atom is 0.253 e. The van der Waals surface area contributed by atoms with Gasteiger partial charge in [0.15, 0.2) is 11.5 Å². The van der Waals surface area contributed by atoms with Crippen LogP contribution in [-0.2, 0) is 20.8 Å². The molecule has 1 N–H and O–H groups in total. The summed E-state index contributed by atoms with van der Waals surface area (Å²) in [7, 11) is 3.32. The molecule has 1 aromatic carbocycles. The van der Waals surface area contributed by atoms with Crippen LogP contribution in [0.15, 0.2) is 12.1 Å². The maximum absolute atomic E-state index is 13.0. The van der Waals surface area contributed by atoms with Crippen molar-refractivity contribution in [2.24, 2.45) is 0 Å². The molecule has 7 nitrogen and oxygen atoms in total. The second-order valence-corrected chi connectivity index (χ2v) is 7.39. The molecule has 3 rings (SSSR count). The van der Waals surface area contributed by atoms with Gasteiger partial charge in [0.1, 0.15) is 6.10 Å². The van der Waals surface area contributed by atoms with Crippen LogP contribution in [-0.4, -0.2) is 70.1 Å². The first-order valence-corrected chi connectivity index (χ1v) is 10.1. The topological polar surface area (TPSA) is 69.3 Å². The zero-order valence-electron chi connectivity index (χ0n) is 17.2. The number of carbonyl (C=O) groups excluding carboxylic acids is 1. The van der Waals surface area contributed by atoms with E-state index in [0.717, 1.165) is 36.9 Å².